The number of aromatic nitrogens is 1. The molecule has 1 aromatic heterocycles. The number of rotatable bonds is 5. The molecule has 1 atom stereocenters. The Morgan fingerprint density at radius 2 is 2.08 bits per heavy atom. The Bertz CT molecular complexity index is 911. The first-order chi connectivity index (χ1) is 12.4. The Hall–Kier alpha value is -2.41. The Labute approximate surface area is 153 Å². The zero-order valence-corrected chi connectivity index (χ0v) is 15.7. The maximum atomic E-state index is 12.7. The number of sulfone groups is 1. The monoisotopic (exact) mass is 374 g/mol. The molecule has 0 radical (unpaired) electrons. The van der Waals surface area contributed by atoms with Crippen LogP contribution in [0.1, 0.15) is 27.9 Å². The molecule has 6 nitrogen and oxygen atoms in total. The number of methoxy groups -OCH3 is 1. The fourth-order valence-corrected chi connectivity index (χ4v) is 4.94. The zero-order chi connectivity index (χ0) is 18.7. The number of carbonyl (C=O) groups excluding carboxylic acids is 1. The van der Waals surface area contributed by atoms with Crippen molar-refractivity contribution in [2.45, 2.75) is 18.9 Å². The van der Waals surface area contributed by atoms with Gasteiger partial charge in [0.15, 0.2) is 9.84 Å². The third-order valence-electron chi connectivity index (χ3n) is 4.66. The van der Waals surface area contributed by atoms with Crippen LogP contribution in [0.4, 0.5) is 0 Å². The summed E-state index contributed by atoms with van der Waals surface area (Å²) in [5.74, 6) is 0.757. The Morgan fingerprint density at radius 3 is 2.77 bits per heavy atom. The lowest BCUT2D eigenvalue weighted by molar-refractivity contribution is 0.0747. The molecule has 1 amide bonds. The van der Waals surface area contributed by atoms with Gasteiger partial charge in [-0.2, -0.15) is 0 Å². The topological polar surface area (TPSA) is 76.6 Å². The van der Waals surface area contributed by atoms with E-state index in [0.717, 1.165) is 16.9 Å². The van der Waals surface area contributed by atoms with E-state index in [2.05, 4.69) is 4.98 Å². The number of carbonyl (C=O) groups is 1. The normalized spacial score (nSPS) is 18.5. The standard InChI is InChI=1S/C19H22N2O4S/c1-21(17-6-7-26(23,24)13-17)19(22)16-9-15(11-20-12-16)8-14-4-3-5-18(10-14)25-2/h3-5,9-12,17H,6-8,13H2,1-2H3. The van der Waals surface area contributed by atoms with Gasteiger partial charge in [-0.1, -0.05) is 12.1 Å². The minimum absolute atomic E-state index is 0.0339. The summed E-state index contributed by atoms with van der Waals surface area (Å²) in [5, 5.41) is 0. The second-order valence-corrected chi connectivity index (χ2v) is 8.81. The van der Waals surface area contributed by atoms with Gasteiger partial charge in [0.2, 0.25) is 0 Å². The molecule has 138 valence electrons. The minimum atomic E-state index is -3.03. The lowest BCUT2D eigenvalue weighted by atomic mass is 10.0. The number of ether oxygens (including phenoxy) is 1. The highest BCUT2D eigenvalue weighted by Crippen LogP contribution is 2.20. The van der Waals surface area contributed by atoms with Crippen molar-refractivity contribution in [3.05, 3.63) is 59.4 Å². The van der Waals surface area contributed by atoms with Crippen molar-refractivity contribution in [3.63, 3.8) is 0 Å². The van der Waals surface area contributed by atoms with E-state index in [4.69, 9.17) is 4.74 Å². The van der Waals surface area contributed by atoms with E-state index in [1.54, 1.807) is 20.4 Å². The molecule has 1 saturated heterocycles. The molecular weight excluding hydrogens is 352 g/mol. The van der Waals surface area contributed by atoms with Crippen molar-refractivity contribution < 1.29 is 17.9 Å². The molecule has 0 spiro atoms. The highest BCUT2D eigenvalue weighted by molar-refractivity contribution is 7.91. The van der Waals surface area contributed by atoms with Crippen LogP contribution in [-0.4, -0.2) is 55.9 Å². The summed E-state index contributed by atoms with van der Waals surface area (Å²) in [7, 11) is 0.246. The number of hydrogen-bond acceptors (Lipinski definition) is 5. The summed E-state index contributed by atoms with van der Waals surface area (Å²) in [6, 6.07) is 9.29. The van der Waals surface area contributed by atoms with Gasteiger partial charge in [-0.25, -0.2) is 8.42 Å². The molecule has 26 heavy (non-hydrogen) atoms. The second kappa shape index (κ2) is 7.45. The van der Waals surface area contributed by atoms with E-state index in [1.807, 2.05) is 30.3 Å². The maximum Gasteiger partial charge on any atom is 0.255 e. The number of nitrogens with zero attached hydrogens (tertiary/aromatic N) is 2. The molecule has 0 aliphatic carbocycles. The predicted molar refractivity (Wildman–Crippen MR) is 99.2 cm³/mol. The maximum absolute atomic E-state index is 12.7. The van der Waals surface area contributed by atoms with Gasteiger partial charge in [0, 0.05) is 25.5 Å². The summed E-state index contributed by atoms with van der Waals surface area (Å²) < 4.78 is 28.5. The van der Waals surface area contributed by atoms with Crippen LogP contribution in [0.25, 0.3) is 0 Å². The summed E-state index contributed by atoms with van der Waals surface area (Å²) in [6.45, 7) is 0. The van der Waals surface area contributed by atoms with E-state index in [0.29, 0.717) is 18.4 Å². The second-order valence-electron chi connectivity index (χ2n) is 6.58. The SMILES string of the molecule is COc1cccc(Cc2cncc(C(=O)N(C)C3CCS(=O)(=O)C3)c2)c1. The Kier molecular flexibility index (Phi) is 5.27. The molecule has 3 rings (SSSR count). The fourth-order valence-electron chi connectivity index (χ4n) is 3.17. The first-order valence-electron chi connectivity index (χ1n) is 8.42. The van der Waals surface area contributed by atoms with E-state index in [1.165, 1.54) is 11.1 Å². The lowest BCUT2D eigenvalue weighted by Gasteiger charge is -2.23. The Balaban J connectivity index is 1.75. The van der Waals surface area contributed by atoms with Gasteiger partial charge in [-0.05, 0) is 42.2 Å². The van der Waals surface area contributed by atoms with Gasteiger partial charge >= 0.3 is 0 Å². The van der Waals surface area contributed by atoms with Crippen LogP contribution in [-0.2, 0) is 16.3 Å². The highest BCUT2D eigenvalue weighted by Gasteiger charge is 2.33. The summed E-state index contributed by atoms with van der Waals surface area (Å²) in [5.41, 5.74) is 2.44. The van der Waals surface area contributed by atoms with E-state index < -0.39 is 9.84 Å². The van der Waals surface area contributed by atoms with Crippen molar-refractivity contribution in [2.24, 2.45) is 0 Å². The van der Waals surface area contributed by atoms with Crippen LogP contribution in [0.15, 0.2) is 42.7 Å². The van der Waals surface area contributed by atoms with Crippen LogP contribution in [0, 0.1) is 0 Å². The van der Waals surface area contributed by atoms with Crippen molar-refractivity contribution >= 4 is 15.7 Å². The lowest BCUT2D eigenvalue weighted by Crippen LogP contribution is -2.37. The average molecular weight is 374 g/mol. The molecule has 0 bridgehead atoms. The summed E-state index contributed by atoms with van der Waals surface area (Å²) in [6.07, 6.45) is 4.38. The summed E-state index contributed by atoms with van der Waals surface area (Å²) >= 11 is 0. The van der Waals surface area contributed by atoms with Crippen LogP contribution in [0.2, 0.25) is 0 Å². The zero-order valence-electron chi connectivity index (χ0n) is 14.9. The number of pyridine rings is 1. The molecule has 2 heterocycles. The van der Waals surface area contributed by atoms with E-state index in [-0.39, 0.29) is 23.5 Å². The number of hydrogen-bond donors (Lipinski definition) is 0. The number of amides is 1. The largest absolute Gasteiger partial charge is 0.497 e. The van der Waals surface area contributed by atoms with Crippen molar-refractivity contribution in [1.29, 1.82) is 0 Å². The molecule has 1 fully saturated rings. The molecule has 7 heteroatoms. The van der Waals surface area contributed by atoms with Crippen LogP contribution in [0.5, 0.6) is 5.75 Å². The third kappa shape index (κ3) is 4.22. The van der Waals surface area contributed by atoms with Gasteiger partial charge in [0.25, 0.3) is 5.91 Å². The molecule has 1 aromatic carbocycles. The molecule has 0 N–H and O–H groups in total. The molecule has 1 unspecified atom stereocenters. The first kappa shape index (κ1) is 18.4. The van der Waals surface area contributed by atoms with Crippen molar-refractivity contribution in [3.8, 4) is 5.75 Å². The van der Waals surface area contributed by atoms with Crippen LogP contribution < -0.4 is 4.74 Å². The van der Waals surface area contributed by atoms with Gasteiger partial charge in [0.05, 0.1) is 24.2 Å². The molecule has 2 aromatic rings. The van der Waals surface area contributed by atoms with Crippen molar-refractivity contribution in [1.82, 2.24) is 9.88 Å². The fraction of sp³-hybridized carbons (Fsp3) is 0.368. The van der Waals surface area contributed by atoms with Gasteiger partial charge in [0.1, 0.15) is 5.75 Å². The van der Waals surface area contributed by atoms with Crippen LogP contribution >= 0.6 is 0 Å². The van der Waals surface area contributed by atoms with Crippen molar-refractivity contribution in [2.75, 3.05) is 25.7 Å². The predicted octanol–water partition coefficient (Wildman–Crippen LogP) is 1.94. The minimum Gasteiger partial charge on any atom is -0.497 e. The summed E-state index contributed by atoms with van der Waals surface area (Å²) in [4.78, 5) is 18.4. The van der Waals surface area contributed by atoms with E-state index in [9.17, 15) is 13.2 Å². The Morgan fingerprint density at radius 1 is 1.27 bits per heavy atom. The smallest absolute Gasteiger partial charge is 0.255 e. The average Bonchev–Trinajstić information content (AvgIpc) is 3.00. The third-order valence-corrected chi connectivity index (χ3v) is 6.41. The molecular formula is C19H22N2O4S. The molecule has 0 saturated carbocycles. The quantitative estimate of drug-likeness (QED) is 0.799. The highest BCUT2D eigenvalue weighted by atomic mass is 32.2. The van der Waals surface area contributed by atoms with Crippen LogP contribution in [0.3, 0.4) is 0 Å². The van der Waals surface area contributed by atoms with Gasteiger partial charge in [-0.3, -0.25) is 9.78 Å². The first-order valence-corrected chi connectivity index (χ1v) is 10.2. The van der Waals surface area contributed by atoms with E-state index >= 15 is 0 Å². The van der Waals surface area contributed by atoms with Gasteiger partial charge < -0.3 is 9.64 Å². The molecule has 1 aliphatic rings. The number of benzene rings is 1. The van der Waals surface area contributed by atoms with Gasteiger partial charge in [-0.15, -0.1) is 0 Å². The molecule has 1 aliphatic heterocycles.